The fourth-order valence-electron chi connectivity index (χ4n) is 5.39. The number of azide groups is 1. The molecule has 0 bridgehead atoms. The van der Waals surface area contributed by atoms with Gasteiger partial charge in [-0.1, -0.05) is 5.11 Å². The average molecular weight is 1090 g/mol. The number of carbonyl (C=O) groups excluding carboxylic acids is 3. The summed E-state index contributed by atoms with van der Waals surface area (Å²) in [5.41, 5.74) is 8.16. The van der Waals surface area contributed by atoms with E-state index in [1.54, 1.807) is 0 Å². The molecular formula is C47H88N4O24. The minimum Gasteiger partial charge on any atom is -0.379 e. The van der Waals surface area contributed by atoms with Crippen LogP contribution >= 0.6 is 0 Å². The maximum absolute atomic E-state index is 11.7. The number of hydrogen-bond acceptors (Lipinski definition) is 25. The summed E-state index contributed by atoms with van der Waals surface area (Å²) in [4.78, 5) is 42.0. The smallest absolute Gasteiger partial charge is 0.335 e. The van der Waals surface area contributed by atoms with Crippen molar-refractivity contribution in [1.82, 2.24) is 5.06 Å². The van der Waals surface area contributed by atoms with E-state index >= 15 is 0 Å². The first-order valence-corrected chi connectivity index (χ1v) is 25.8. The molecule has 1 saturated heterocycles. The van der Waals surface area contributed by atoms with Gasteiger partial charge in [-0.2, -0.15) is 0 Å². The predicted molar refractivity (Wildman–Crippen MR) is 262 cm³/mol. The predicted octanol–water partition coefficient (Wildman–Crippen LogP) is 0.626. The van der Waals surface area contributed by atoms with Crippen molar-refractivity contribution in [2.45, 2.75) is 19.3 Å². The normalized spacial score (nSPS) is 12.6. The van der Waals surface area contributed by atoms with Gasteiger partial charge in [0, 0.05) is 24.3 Å². The molecule has 0 aromatic carbocycles. The molecule has 0 aromatic heterocycles. The van der Waals surface area contributed by atoms with E-state index in [4.69, 9.17) is 105 Å². The van der Waals surface area contributed by atoms with Crippen LogP contribution in [0.15, 0.2) is 5.11 Å². The first-order valence-electron chi connectivity index (χ1n) is 25.8. The zero-order valence-corrected chi connectivity index (χ0v) is 44.2. The highest BCUT2D eigenvalue weighted by molar-refractivity contribution is 6.01. The number of rotatable bonds is 64. The number of ether oxygens (including phenoxy) is 20. The van der Waals surface area contributed by atoms with Gasteiger partial charge in [-0.05, 0) is 5.53 Å². The molecule has 0 aliphatic carbocycles. The van der Waals surface area contributed by atoms with Gasteiger partial charge in [0.15, 0.2) is 0 Å². The molecule has 440 valence electrons. The lowest BCUT2D eigenvalue weighted by Crippen LogP contribution is -2.32. The summed E-state index contributed by atoms with van der Waals surface area (Å²) in [6.07, 6.45) is 0.0235. The average Bonchev–Trinajstić information content (AvgIpc) is 3.73. The van der Waals surface area contributed by atoms with E-state index in [2.05, 4.69) is 10.0 Å². The second-order valence-electron chi connectivity index (χ2n) is 15.0. The summed E-state index contributed by atoms with van der Waals surface area (Å²) in [6, 6.07) is 0. The number of hydrogen-bond donors (Lipinski definition) is 0. The maximum Gasteiger partial charge on any atom is 0.335 e. The molecule has 28 heteroatoms. The number of nitrogens with zero attached hydrogens (tertiary/aromatic N) is 4. The van der Waals surface area contributed by atoms with Crippen molar-refractivity contribution < 1.29 is 114 Å². The van der Waals surface area contributed by atoms with Gasteiger partial charge in [-0.25, -0.2) is 4.79 Å². The summed E-state index contributed by atoms with van der Waals surface area (Å²) in [5, 5.41) is 3.89. The van der Waals surface area contributed by atoms with Gasteiger partial charge >= 0.3 is 5.97 Å². The van der Waals surface area contributed by atoms with Crippen LogP contribution in [0.4, 0.5) is 0 Å². The number of hydroxylamine groups is 2. The molecule has 0 radical (unpaired) electrons. The Bertz CT molecular complexity index is 1280. The Labute approximate surface area is 441 Å². The highest BCUT2D eigenvalue weighted by Crippen LogP contribution is 2.12. The van der Waals surface area contributed by atoms with Gasteiger partial charge in [-0.3, -0.25) is 9.59 Å². The second-order valence-corrected chi connectivity index (χ2v) is 15.0. The second kappa shape index (κ2) is 60.4. The lowest BCUT2D eigenvalue weighted by atomic mass is 10.4. The van der Waals surface area contributed by atoms with Crippen molar-refractivity contribution in [2.75, 3.05) is 271 Å². The molecule has 0 unspecified atom stereocenters. The maximum atomic E-state index is 11.7. The number of imide groups is 1. The van der Waals surface area contributed by atoms with E-state index < -0.39 is 17.8 Å². The summed E-state index contributed by atoms with van der Waals surface area (Å²) in [5.74, 6) is -1.74. The molecular weight excluding hydrogens is 1000 g/mol. The molecule has 0 saturated carbocycles. The molecule has 1 rings (SSSR count). The van der Waals surface area contributed by atoms with E-state index in [1.807, 2.05) is 0 Å². The first-order chi connectivity index (χ1) is 37.1. The Morgan fingerprint density at radius 2 is 0.493 bits per heavy atom. The monoisotopic (exact) mass is 1090 g/mol. The first kappa shape index (κ1) is 70.1. The van der Waals surface area contributed by atoms with Crippen LogP contribution in [-0.4, -0.2) is 294 Å². The van der Waals surface area contributed by atoms with Crippen LogP contribution in [0.2, 0.25) is 0 Å². The Hall–Kier alpha value is -2.88. The van der Waals surface area contributed by atoms with E-state index in [0.717, 1.165) is 0 Å². The number of carbonyl (C=O) groups is 3. The van der Waals surface area contributed by atoms with Crippen molar-refractivity contribution in [3.05, 3.63) is 10.4 Å². The van der Waals surface area contributed by atoms with Gasteiger partial charge in [0.2, 0.25) is 0 Å². The molecule has 1 aliphatic rings. The van der Waals surface area contributed by atoms with Crippen LogP contribution in [0.25, 0.3) is 10.4 Å². The fourth-order valence-corrected chi connectivity index (χ4v) is 5.39. The van der Waals surface area contributed by atoms with Crippen molar-refractivity contribution in [3.8, 4) is 0 Å². The van der Waals surface area contributed by atoms with E-state index in [9.17, 15) is 14.4 Å². The van der Waals surface area contributed by atoms with E-state index in [-0.39, 0.29) is 32.5 Å². The third-order valence-electron chi connectivity index (χ3n) is 9.12. The highest BCUT2D eigenvalue weighted by Gasteiger charge is 2.32. The molecule has 1 aliphatic heterocycles. The van der Waals surface area contributed by atoms with Crippen LogP contribution in [0, 0.1) is 0 Å². The van der Waals surface area contributed by atoms with Gasteiger partial charge < -0.3 is 99.6 Å². The van der Waals surface area contributed by atoms with Gasteiger partial charge in [0.1, 0.15) is 0 Å². The van der Waals surface area contributed by atoms with Crippen LogP contribution in [0.5, 0.6) is 0 Å². The minimum atomic E-state index is -0.705. The molecule has 0 N–H and O–H groups in total. The van der Waals surface area contributed by atoms with Crippen LogP contribution in [-0.2, 0) is 114 Å². The fraction of sp³-hybridized carbons (Fsp3) is 0.936. The molecule has 0 aromatic rings. The molecule has 0 spiro atoms. The summed E-state index contributed by atoms with van der Waals surface area (Å²) < 4.78 is 109. The molecule has 0 atom stereocenters. The molecule has 28 nitrogen and oxygen atoms in total. The Morgan fingerprint density at radius 1 is 0.320 bits per heavy atom. The topological polar surface area (TPSA) is 297 Å². The molecule has 1 heterocycles. The summed E-state index contributed by atoms with van der Waals surface area (Å²) >= 11 is 0. The van der Waals surface area contributed by atoms with Crippen molar-refractivity contribution >= 4 is 17.8 Å². The van der Waals surface area contributed by atoms with Crippen LogP contribution in [0.1, 0.15) is 19.3 Å². The minimum absolute atomic E-state index is 0.0526. The zero-order chi connectivity index (χ0) is 53.7. The van der Waals surface area contributed by atoms with Crippen molar-refractivity contribution in [2.24, 2.45) is 5.11 Å². The van der Waals surface area contributed by atoms with E-state index in [1.165, 1.54) is 0 Å². The number of amides is 2. The van der Waals surface area contributed by atoms with Crippen molar-refractivity contribution in [1.29, 1.82) is 0 Å². The van der Waals surface area contributed by atoms with Gasteiger partial charge in [0.05, 0.1) is 271 Å². The standard InChI is InChI=1S/C47H88N4O24/c48-50-49-4-6-56-8-10-58-12-14-60-16-18-62-20-22-64-24-26-66-28-30-68-32-34-70-36-38-72-40-42-74-44-43-73-41-39-71-37-35-69-33-31-67-29-27-65-25-23-63-21-19-61-17-15-59-13-11-57-9-7-55-5-3-47(54)75-51-45(52)1-2-46(51)53/h1-44H2. The lowest BCUT2D eigenvalue weighted by molar-refractivity contribution is -0.198. The Balaban J connectivity index is 1.60. The molecule has 75 heavy (non-hydrogen) atoms. The SMILES string of the molecule is [N-]=[N+]=NCCOCCOCCOCCOCCOCCOCCOCCOCCOCCOCCOCCOCCOCCOCCOCCOCCOCCOCCOCCOCCC(=O)ON1C(=O)CCC1=O. The molecule has 2 amide bonds. The Morgan fingerprint density at radius 3 is 0.680 bits per heavy atom. The molecule has 1 fully saturated rings. The zero-order valence-electron chi connectivity index (χ0n) is 44.2. The van der Waals surface area contributed by atoms with Crippen molar-refractivity contribution in [3.63, 3.8) is 0 Å². The van der Waals surface area contributed by atoms with E-state index in [0.29, 0.717) is 263 Å². The van der Waals surface area contributed by atoms with Gasteiger partial charge in [-0.15, -0.1) is 5.06 Å². The third-order valence-corrected chi connectivity index (χ3v) is 9.12. The quantitative estimate of drug-likeness (QED) is 0.0265. The van der Waals surface area contributed by atoms with Gasteiger partial charge in [0.25, 0.3) is 11.8 Å². The third kappa shape index (κ3) is 54.3. The van der Waals surface area contributed by atoms with Crippen LogP contribution in [0.3, 0.4) is 0 Å². The summed E-state index contributed by atoms with van der Waals surface area (Å²) in [6.45, 7) is 18.1. The largest absolute Gasteiger partial charge is 0.379 e. The highest BCUT2D eigenvalue weighted by atomic mass is 16.7. The van der Waals surface area contributed by atoms with Crippen LogP contribution < -0.4 is 0 Å². The summed E-state index contributed by atoms with van der Waals surface area (Å²) in [7, 11) is 0. The Kier molecular flexibility index (Phi) is 56.4. The lowest BCUT2D eigenvalue weighted by Gasteiger charge is -2.12.